The van der Waals surface area contributed by atoms with E-state index in [1.165, 1.54) is 5.56 Å². The summed E-state index contributed by atoms with van der Waals surface area (Å²) in [4.78, 5) is 6.69. The van der Waals surface area contributed by atoms with Crippen LogP contribution >= 0.6 is 11.8 Å². The number of nitrogens with two attached hydrogens (primary N) is 1. The minimum Gasteiger partial charge on any atom is -0.496 e. The molecule has 2 heterocycles. The molecule has 0 amide bonds. The first-order valence-corrected chi connectivity index (χ1v) is 8.82. The van der Waals surface area contributed by atoms with Crippen LogP contribution in [0.15, 0.2) is 17.1 Å². The van der Waals surface area contributed by atoms with Gasteiger partial charge in [-0.15, -0.1) is 0 Å². The fourth-order valence-electron chi connectivity index (χ4n) is 2.85. The molecule has 1 unspecified atom stereocenters. The highest BCUT2D eigenvalue weighted by atomic mass is 32.2. The molecule has 3 rings (SSSR count). The molecule has 1 aromatic rings. The van der Waals surface area contributed by atoms with Crippen molar-refractivity contribution in [3.63, 3.8) is 0 Å². The van der Waals surface area contributed by atoms with E-state index >= 15 is 0 Å². The molecule has 2 N–H and O–H groups in total. The monoisotopic (exact) mass is 321 g/mol. The van der Waals surface area contributed by atoms with Gasteiger partial charge in [0.05, 0.1) is 13.7 Å². The van der Waals surface area contributed by atoms with Gasteiger partial charge in [-0.1, -0.05) is 0 Å². The predicted molar refractivity (Wildman–Crippen MR) is 91.0 cm³/mol. The van der Waals surface area contributed by atoms with E-state index in [2.05, 4.69) is 22.9 Å². The lowest BCUT2D eigenvalue weighted by Gasteiger charge is -2.27. The molecule has 0 radical (unpaired) electrons. The molecule has 2 aliphatic rings. The summed E-state index contributed by atoms with van der Waals surface area (Å²) >= 11 is 1.96. The zero-order valence-corrected chi connectivity index (χ0v) is 14.0. The van der Waals surface area contributed by atoms with Gasteiger partial charge in [-0.25, -0.2) is 4.99 Å². The summed E-state index contributed by atoms with van der Waals surface area (Å²) in [5, 5.41) is 0. The number of aliphatic imine (C=N–C) groups is 1. The molecule has 0 saturated carbocycles. The number of ether oxygens (including phenoxy) is 2. The van der Waals surface area contributed by atoms with Crippen LogP contribution in [0.4, 0.5) is 0 Å². The summed E-state index contributed by atoms with van der Waals surface area (Å²) in [6.45, 7) is 4.55. The Morgan fingerprint density at radius 3 is 2.95 bits per heavy atom. The van der Waals surface area contributed by atoms with Gasteiger partial charge in [0.2, 0.25) is 0 Å². The molecule has 2 aliphatic heterocycles. The Labute approximate surface area is 135 Å². The Morgan fingerprint density at radius 1 is 1.45 bits per heavy atom. The van der Waals surface area contributed by atoms with Crippen molar-refractivity contribution in [2.75, 3.05) is 31.7 Å². The smallest absolute Gasteiger partial charge is 0.191 e. The van der Waals surface area contributed by atoms with Crippen LogP contribution in [-0.2, 0) is 13.0 Å². The number of hydrogen-bond acceptors (Lipinski definition) is 4. The normalized spacial score (nSPS) is 21.5. The minimum atomic E-state index is 0.231. The van der Waals surface area contributed by atoms with Gasteiger partial charge >= 0.3 is 0 Å². The first-order chi connectivity index (χ1) is 10.7. The van der Waals surface area contributed by atoms with E-state index in [9.17, 15) is 0 Å². The Bertz CT molecular complexity index is 571. The number of guanidine groups is 1. The van der Waals surface area contributed by atoms with E-state index in [-0.39, 0.29) is 6.10 Å². The molecule has 5 nitrogen and oxygen atoms in total. The topological polar surface area (TPSA) is 60.1 Å². The van der Waals surface area contributed by atoms with Crippen LogP contribution in [-0.4, -0.2) is 48.7 Å². The van der Waals surface area contributed by atoms with Gasteiger partial charge in [0.15, 0.2) is 5.96 Å². The molecule has 0 aliphatic carbocycles. The maximum absolute atomic E-state index is 6.12. The first kappa shape index (κ1) is 15.3. The third-order valence-electron chi connectivity index (χ3n) is 4.05. The number of rotatable bonds is 3. The maximum Gasteiger partial charge on any atom is 0.191 e. The number of nitrogens with zero attached hydrogens (tertiary/aromatic N) is 2. The lowest BCUT2D eigenvalue weighted by atomic mass is 10.1. The molecule has 1 fully saturated rings. The maximum atomic E-state index is 6.12. The number of thioether (sulfide) groups is 1. The van der Waals surface area contributed by atoms with Crippen molar-refractivity contribution in [2.24, 2.45) is 10.7 Å². The van der Waals surface area contributed by atoms with Crippen molar-refractivity contribution < 1.29 is 9.47 Å². The van der Waals surface area contributed by atoms with Crippen LogP contribution in [0.25, 0.3) is 0 Å². The summed E-state index contributed by atoms with van der Waals surface area (Å²) < 4.78 is 11.3. The predicted octanol–water partition coefficient (Wildman–Crippen LogP) is 1.88. The Balaban J connectivity index is 1.75. The van der Waals surface area contributed by atoms with E-state index < -0.39 is 0 Å². The van der Waals surface area contributed by atoms with E-state index in [0.717, 1.165) is 48.1 Å². The third kappa shape index (κ3) is 3.27. The molecule has 0 bridgehead atoms. The van der Waals surface area contributed by atoms with Gasteiger partial charge in [0, 0.05) is 42.1 Å². The summed E-state index contributed by atoms with van der Waals surface area (Å²) in [7, 11) is 1.69. The summed E-state index contributed by atoms with van der Waals surface area (Å²) in [6.07, 6.45) is 1.16. The zero-order chi connectivity index (χ0) is 15.5. The fraction of sp³-hybridized carbons (Fsp3) is 0.562. The van der Waals surface area contributed by atoms with Crippen LogP contribution in [0.2, 0.25) is 0 Å². The molecule has 120 valence electrons. The molecule has 22 heavy (non-hydrogen) atoms. The molecule has 1 aromatic carbocycles. The second-order valence-electron chi connectivity index (χ2n) is 5.68. The molecular weight excluding hydrogens is 298 g/mol. The van der Waals surface area contributed by atoms with Gasteiger partial charge in [-0.2, -0.15) is 11.8 Å². The van der Waals surface area contributed by atoms with Gasteiger partial charge in [-0.3, -0.25) is 0 Å². The SMILES string of the molecule is COc1cc2c(cc1CN=C(N)N1CCSCC1)OC(C)C2. The van der Waals surface area contributed by atoms with Gasteiger partial charge in [-0.05, 0) is 19.1 Å². The van der Waals surface area contributed by atoms with E-state index in [0.29, 0.717) is 12.5 Å². The van der Waals surface area contributed by atoms with Crippen LogP contribution < -0.4 is 15.2 Å². The molecule has 1 atom stereocenters. The van der Waals surface area contributed by atoms with Crippen LogP contribution in [0, 0.1) is 0 Å². The second kappa shape index (κ2) is 6.69. The molecule has 6 heteroatoms. The van der Waals surface area contributed by atoms with Crippen LogP contribution in [0.1, 0.15) is 18.1 Å². The van der Waals surface area contributed by atoms with Crippen molar-refractivity contribution in [3.8, 4) is 11.5 Å². The summed E-state index contributed by atoms with van der Waals surface area (Å²) in [6, 6.07) is 4.11. The van der Waals surface area contributed by atoms with Crippen molar-refractivity contribution in [1.82, 2.24) is 4.90 Å². The quantitative estimate of drug-likeness (QED) is 0.680. The zero-order valence-electron chi connectivity index (χ0n) is 13.2. The second-order valence-corrected chi connectivity index (χ2v) is 6.90. The lowest BCUT2D eigenvalue weighted by molar-refractivity contribution is 0.254. The van der Waals surface area contributed by atoms with Crippen molar-refractivity contribution >= 4 is 17.7 Å². The van der Waals surface area contributed by atoms with E-state index in [1.807, 2.05) is 17.8 Å². The molecular formula is C16H23N3O2S. The highest BCUT2D eigenvalue weighted by Gasteiger charge is 2.21. The Morgan fingerprint density at radius 2 is 2.23 bits per heavy atom. The van der Waals surface area contributed by atoms with E-state index in [4.69, 9.17) is 15.2 Å². The van der Waals surface area contributed by atoms with E-state index in [1.54, 1.807) is 7.11 Å². The standard InChI is InChI=1S/C16H23N3O2S/c1-11-7-12-8-14(20-2)13(9-15(12)21-11)10-18-16(17)19-3-5-22-6-4-19/h8-9,11H,3-7,10H2,1-2H3,(H2,17,18). The van der Waals surface area contributed by atoms with Crippen molar-refractivity contribution in [1.29, 1.82) is 0 Å². The van der Waals surface area contributed by atoms with Gasteiger partial charge in [0.25, 0.3) is 0 Å². The number of benzene rings is 1. The number of methoxy groups -OCH3 is 1. The highest BCUT2D eigenvalue weighted by Crippen LogP contribution is 2.35. The van der Waals surface area contributed by atoms with Crippen LogP contribution in [0.3, 0.4) is 0 Å². The number of fused-ring (bicyclic) bond motifs is 1. The number of hydrogen-bond donors (Lipinski definition) is 1. The van der Waals surface area contributed by atoms with Gasteiger partial charge in [0.1, 0.15) is 17.6 Å². The Kier molecular flexibility index (Phi) is 4.66. The van der Waals surface area contributed by atoms with Gasteiger partial charge < -0.3 is 20.1 Å². The van der Waals surface area contributed by atoms with Crippen molar-refractivity contribution in [3.05, 3.63) is 23.3 Å². The summed E-state index contributed by atoms with van der Waals surface area (Å²) in [5.74, 6) is 4.67. The summed E-state index contributed by atoms with van der Waals surface area (Å²) in [5.41, 5.74) is 8.34. The first-order valence-electron chi connectivity index (χ1n) is 7.66. The molecule has 1 saturated heterocycles. The van der Waals surface area contributed by atoms with Crippen LogP contribution in [0.5, 0.6) is 11.5 Å². The molecule has 0 spiro atoms. The highest BCUT2D eigenvalue weighted by molar-refractivity contribution is 7.99. The lowest BCUT2D eigenvalue weighted by Crippen LogP contribution is -2.42. The Hall–Kier alpha value is -1.56. The fourth-order valence-corrected chi connectivity index (χ4v) is 3.76. The van der Waals surface area contributed by atoms with Crippen molar-refractivity contribution in [2.45, 2.75) is 26.0 Å². The largest absolute Gasteiger partial charge is 0.496 e. The third-order valence-corrected chi connectivity index (χ3v) is 4.99. The minimum absolute atomic E-state index is 0.231. The average molecular weight is 321 g/mol. The average Bonchev–Trinajstić information content (AvgIpc) is 2.91. The molecule has 0 aromatic heterocycles.